The van der Waals surface area contributed by atoms with E-state index < -0.39 is 6.72 Å². The van der Waals surface area contributed by atoms with E-state index in [-0.39, 0.29) is 0 Å². The Balaban J connectivity index is 3.47. The molecule has 2 nitrogen and oxygen atoms in total. The zero-order valence-corrected chi connectivity index (χ0v) is 9.49. The standard InChI is InChI=1S/C9H12ClO2P/c1-6-4-7(2)9(8(3)5-6)13(10,11)12/h4-5H,1-3H3,(H,11,12). The van der Waals surface area contributed by atoms with Crippen LogP contribution < -0.4 is 5.30 Å². The van der Waals surface area contributed by atoms with Crippen molar-refractivity contribution < 1.29 is 9.46 Å². The molecular weight excluding hydrogens is 207 g/mol. The summed E-state index contributed by atoms with van der Waals surface area (Å²) in [5, 5.41) is 0.375. The average Bonchev–Trinajstić information content (AvgIpc) is 1.78. The molecule has 0 aliphatic rings. The lowest BCUT2D eigenvalue weighted by molar-refractivity contribution is 0.506. The highest BCUT2D eigenvalue weighted by molar-refractivity contribution is 7.90. The molecule has 0 spiro atoms. The van der Waals surface area contributed by atoms with Gasteiger partial charge in [0, 0.05) is 0 Å². The van der Waals surface area contributed by atoms with E-state index in [0.717, 1.165) is 16.7 Å². The second-order valence-electron chi connectivity index (χ2n) is 3.25. The minimum absolute atomic E-state index is 0.375. The number of aryl methyl sites for hydroxylation is 3. The van der Waals surface area contributed by atoms with Crippen molar-refractivity contribution in [2.75, 3.05) is 0 Å². The zero-order chi connectivity index (χ0) is 10.2. The predicted octanol–water partition coefficient (Wildman–Crippen LogP) is 2.66. The first-order valence-electron chi connectivity index (χ1n) is 3.93. The first-order valence-corrected chi connectivity index (χ1v) is 6.49. The van der Waals surface area contributed by atoms with E-state index >= 15 is 0 Å². The van der Waals surface area contributed by atoms with Crippen molar-refractivity contribution >= 4 is 23.3 Å². The molecule has 72 valence electrons. The van der Waals surface area contributed by atoms with Crippen molar-refractivity contribution in [3.8, 4) is 0 Å². The molecule has 0 aliphatic carbocycles. The van der Waals surface area contributed by atoms with Gasteiger partial charge in [0.15, 0.2) is 0 Å². The molecule has 0 bridgehead atoms. The Kier molecular flexibility index (Phi) is 2.86. The van der Waals surface area contributed by atoms with E-state index in [1.165, 1.54) is 0 Å². The van der Waals surface area contributed by atoms with Gasteiger partial charge in [-0.2, -0.15) is 0 Å². The molecule has 0 fully saturated rings. The minimum atomic E-state index is -3.64. The van der Waals surface area contributed by atoms with Crippen LogP contribution in [-0.4, -0.2) is 4.89 Å². The summed E-state index contributed by atoms with van der Waals surface area (Å²) in [5.74, 6) is 0. The van der Waals surface area contributed by atoms with Crippen LogP contribution in [0.15, 0.2) is 12.1 Å². The summed E-state index contributed by atoms with van der Waals surface area (Å²) in [7, 11) is 0. The topological polar surface area (TPSA) is 37.3 Å². The summed E-state index contributed by atoms with van der Waals surface area (Å²) in [4.78, 5) is 9.26. The van der Waals surface area contributed by atoms with E-state index in [4.69, 9.17) is 11.2 Å². The maximum Gasteiger partial charge on any atom is 0.317 e. The Labute approximate surface area is 82.8 Å². The third kappa shape index (κ3) is 2.34. The van der Waals surface area contributed by atoms with Crippen molar-refractivity contribution in [1.82, 2.24) is 0 Å². The Bertz CT molecular complexity index is 358. The molecule has 1 N–H and O–H groups in total. The summed E-state index contributed by atoms with van der Waals surface area (Å²) < 4.78 is 11.3. The maximum atomic E-state index is 11.3. The molecule has 0 radical (unpaired) electrons. The summed E-state index contributed by atoms with van der Waals surface area (Å²) in [6.45, 7) is 1.89. The molecule has 0 saturated carbocycles. The Hall–Kier alpha value is -0.300. The van der Waals surface area contributed by atoms with Crippen LogP contribution in [0.25, 0.3) is 0 Å². The van der Waals surface area contributed by atoms with Crippen LogP contribution in [-0.2, 0) is 4.57 Å². The number of halogens is 1. The summed E-state index contributed by atoms with van der Waals surface area (Å²) >= 11 is 5.43. The lowest BCUT2D eigenvalue weighted by Crippen LogP contribution is -2.10. The van der Waals surface area contributed by atoms with Gasteiger partial charge in [-0.25, -0.2) is 0 Å². The number of hydrogen-bond donors (Lipinski definition) is 1. The normalized spacial score (nSPS) is 15.5. The third-order valence-corrected chi connectivity index (χ3v) is 3.68. The largest absolute Gasteiger partial charge is 0.330 e. The number of rotatable bonds is 1. The average molecular weight is 219 g/mol. The van der Waals surface area contributed by atoms with Crippen molar-refractivity contribution in [1.29, 1.82) is 0 Å². The molecule has 13 heavy (non-hydrogen) atoms. The number of hydrogen-bond acceptors (Lipinski definition) is 1. The zero-order valence-electron chi connectivity index (χ0n) is 7.84. The monoisotopic (exact) mass is 218 g/mol. The van der Waals surface area contributed by atoms with Crippen molar-refractivity contribution in [2.45, 2.75) is 20.8 Å². The molecule has 4 heteroatoms. The maximum absolute atomic E-state index is 11.3. The van der Waals surface area contributed by atoms with Gasteiger partial charge in [0.1, 0.15) is 0 Å². The minimum Gasteiger partial charge on any atom is -0.330 e. The van der Waals surface area contributed by atoms with Crippen molar-refractivity contribution in [3.63, 3.8) is 0 Å². The lowest BCUT2D eigenvalue weighted by atomic mass is 10.1. The van der Waals surface area contributed by atoms with Crippen LogP contribution in [0.2, 0.25) is 0 Å². The van der Waals surface area contributed by atoms with Crippen LogP contribution >= 0.6 is 18.0 Å². The lowest BCUT2D eigenvalue weighted by Gasteiger charge is -2.11. The Morgan fingerprint density at radius 3 is 1.92 bits per heavy atom. The molecule has 0 aromatic heterocycles. The van der Waals surface area contributed by atoms with Gasteiger partial charge in [-0.05, 0) is 43.1 Å². The van der Waals surface area contributed by atoms with Gasteiger partial charge in [0.25, 0.3) is 0 Å². The van der Waals surface area contributed by atoms with Gasteiger partial charge in [-0.15, -0.1) is 0 Å². The quantitative estimate of drug-likeness (QED) is 0.736. The first kappa shape index (κ1) is 10.8. The van der Waals surface area contributed by atoms with E-state index in [2.05, 4.69) is 0 Å². The number of benzene rings is 1. The molecule has 1 unspecified atom stereocenters. The summed E-state index contributed by atoms with van der Waals surface area (Å²) in [6, 6.07) is 3.71. The fourth-order valence-electron chi connectivity index (χ4n) is 1.61. The highest BCUT2D eigenvalue weighted by Crippen LogP contribution is 2.46. The van der Waals surface area contributed by atoms with Gasteiger partial charge in [-0.3, -0.25) is 4.57 Å². The molecule has 0 amide bonds. The molecule has 1 aromatic rings. The highest BCUT2D eigenvalue weighted by Gasteiger charge is 2.22. The Morgan fingerprint density at radius 2 is 1.62 bits per heavy atom. The van der Waals surface area contributed by atoms with Crippen LogP contribution in [0, 0.1) is 20.8 Å². The predicted molar refractivity (Wildman–Crippen MR) is 56.0 cm³/mol. The van der Waals surface area contributed by atoms with Crippen molar-refractivity contribution in [2.24, 2.45) is 0 Å². The van der Waals surface area contributed by atoms with E-state index in [1.807, 2.05) is 19.1 Å². The fourth-order valence-corrected chi connectivity index (χ4v) is 3.41. The molecule has 1 atom stereocenters. The Morgan fingerprint density at radius 1 is 1.23 bits per heavy atom. The van der Waals surface area contributed by atoms with Crippen LogP contribution in [0.1, 0.15) is 16.7 Å². The van der Waals surface area contributed by atoms with Gasteiger partial charge >= 0.3 is 6.72 Å². The van der Waals surface area contributed by atoms with E-state index in [1.54, 1.807) is 13.8 Å². The second kappa shape index (κ2) is 3.45. The SMILES string of the molecule is Cc1cc(C)c(P(=O)(O)Cl)c(C)c1. The summed E-state index contributed by atoms with van der Waals surface area (Å²) in [5.41, 5.74) is 2.63. The molecule has 0 saturated heterocycles. The third-order valence-electron chi connectivity index (χ3n) is 1.91. The summed E-state index contributed by atoms with van der Waals surface area (Å²) in [6.07, 6.45) is 0. The molecule has 1 rings (SSSR count). The van der Waals surface area contributed by atoms with Crippen molar-refractivity contribution in [3.05, 3.63) is 28.8 Å². The molecule has 0 aliphatic heterocycles. The second-order valence-corrected chi connectivity index (χ2v) is 6.08. The van der Waals surface area contributed by atoms with Gasteiger partial charge in [0.05, 0.1) is 5.30 Å². The van der Waals surface area contributed by atoms with Gasteiger partial charge in [0.2, 0.25) is 0 Å². The highest BCUT2D eigenvalue weighted by atomic mass is 35.7. The molecule has 0 heterocycles. The van der Waals surface area contributed by atoms with Crippen LogP contribution in [0.4, 0.5) is 0 Å². The first-order chi connectivity index (χ1) is 5.82. The van der Waals surface area contributed by atoms with Gasteiger partial charge < -0.3 is 4.89 Å². The van der Waals surface area contributed by atoms with Crippen LogP contribution in [0.5, 0.6) is 0 Å². The smallest absolute Gasteiger partial charge is 0.317 e. The van der Waals surface area contributed by atoms with Gasteiger partial charge in [-0.1, -0.05) is 17.7 Å². The van der Waals surface area contributed by atoms with Crippen LogP contribution in [0.3, 0.4) is 0 Å². The van der Waals surface area contributed by atoms with E-state index in [0.29, 0.717) is 5.30 Å². The molecular formula is C9H12ClO2P. The fraction of sp³-hybridized carbons (Fsp3) is 0.333. The molecule has 1 aromatic carbocycles. The van der Waals surface area contributed by atoms with E-state index in [9.17, 15) is 9.46 Å².